The molecule has 0 bridgehead atoms. The first kappa shape index (κ1) is 18.7. The lowest BCUT2D eigenvalue weighted by Gasteiger charge is -2.28. The molecule has 4 nitrogen and oxygen atoms in total. The number of benzene rings is 2. The van der Waals surface area contributed by atoms with Gasteiger partial charge in [-0.1, -0.05) is 30.3 Å². The number of fused-ring (bicyclic) bond motifs is 1. The van der Waals surface area contributed by atoms with Crippen LogP contribution < -0.4 is 5.32 Å². The zero-order chi connectivity index (χ0) is 19.5. The van der Waals surface area contributed by atoms with Crippen molar-refractivity contribution in [1.82, 2.24) is 15.2 Å². The van der Waals surface area contributed by atoms with E-state index in [0.717, 1.165) is 35.2 Å². The number of aromatic nitrogens is 1. The maximum atomic E-state index is 13.7. The number of amides is 1. The van der Waals surface area contributed by atoms with Gasteiger partial charge in [-0.2, -0.15) is 0 Å². The Morgan fingerprint density at radius 3 is 2.68 bits per heavy atom. The summed E-state index contributed by atoms with van der Waals surface area (Å²) in [5, 5.41) is 3.90. The Balaban J connectivity index is 1.47. The molecular formula is C23H26FN3O. The molecule has 2 heterocycles. The van der Waals surface area contributed by atoms with E-state index in [2.05, 4.69) is 27.3 Å². The summed E-state index contributed by atoms with van der Waals surface area (Å²) in [4.78, 5) is 18.4. The number of nitrogens with one attached hydrogen (secondary N) is 2. The molecule has 1 amide bonds. The van der Waals surface area contributed by atoms with E-state index in [1.165, 1.54) is 30.5 Å². The zero-order valence-corrected chi connectivity index (χ0v) is 16.2. The highest BCUT2D eigenvalue weighted by atomic mass is 19.1. The molecule has 0 saturated carbocycles. The van der Waals surface area contributed by atoms with Gasteiger partial charge in [0, 0.05) is 23.1 Å². The van der Waals surface area contributed by atoms with Crippen molar-refractivity contribution in [2.24, 2.45) is 0 Å². The third kappa shape index (κ3) is 3.94. The van der Waals surface area contributed by atoms with Crippen LogP contribution in [0.25, 0.3) is 10.9 Å². The lowest BCUT2D eigenvalue weighted by Crippen LogP contribution is -2.37. The van der Waals surface area contributed by atoms with Crippen LogP contribution in [0.5, 0.6) is 0 Å². The molecule has 1 aliphatic heterocycles. The van der Waals surface area contributed by atoms with Crippen molar-refractivity contribution >= 4 is 16.8 Å². The van der Waals surface area contributed by atoms with E-state index in [0.29, 0.717) is 6.54 Å². The fraction of sp³-hybridized carbons (Fsp3) is 0.348. The highest BCUT2D eigenvalue weighted by Crippen LogP contribution is 2.25. The molecule has 3 aromatic rings. The second kappa shape index (κ2) is 8.15. The Bertz CT molecular complexity index is 961. The number of aryl methyl sites for hydroxylation is 1. The normalized spacial score (nSPS) is 15.8. The summed E-state index contributed by atoms with van der Waals surface area (Å²) in [6.45, 7) is 4.64. The van der Waals surface area contributed by atoms with E-state index >= 15 is 0 Å². The Hall–Kier alpha value is -2.66. The number of carbonyl (C=O) groups is 1. The first-order chi connectivity index (χ1) is 13.6. The van der Waals surface area contributed by atoms with Crippen LogP contribution >= 0.6 is 0 Å². The maximum Gasteiger partial charge on any atom is 0.224 e. The molecule has 2 aromatic carbocycles. The van der Waals surface area contributed by atoms with Gasteiger partial charge < -0.3 is 10.3 Å². The van der Waals surface area contributed by atoms with Crippen molar-refractivity contribution in [3.8, 4) is 0 Å². The van der Waals surface area contributed by atoms with Crippen LogP contribution in [-0.2, 0) is 11.2 Å². The third-order valence-corrected chi connectivity index (χ3v) is 5.68. The fourth-order valence-corrected chi connectivity index (χ4v) is 4.20. The lowest BCUT2D eigenvalue weighted by atomic mass is 10.0. The molecule has 1 aliphatic rings. The van der Waals surface area contributed by atoms with Gasteiger partial charge >= 0.3 is 0 Å². The van der Waals surface area contributed by atoms with Crippen LogP contribution in [0, 0.1) is 12.7 Å². The van der Waals surface area contributed by atoms with E-state index in [9.17, 15) is 9.18 Å². The van der Waals surface area contributed by atoms with E-state index in [1.807, 2.05) is 25.1 Å². The molecular weight excluding hydrogens is 353 g/mol. The summed E-state index contributed by atoms with van der Waals surface area (Å²) < 4.78 is 13.7. The van der Waals surface area contributed by atoms with Crippen LogP contribution in [0.2, 0.25) is 0 Å². The predicted octanol–water partition coefficient (Wildman–Crippen LogP) is 4.11. The molecule has 2 N–H and O–H groups in total. The minimum Gasteiger partial charge on any atom is -0.358 e. The molecule has 1 aromatic heterocycles. The van der Waals surface area contributed by atoms with Crippen LogP contribution in [0.3, 0.4) is 0 Å². The van der Waals surface area contributed by atoms with Crippen molar-refractivity contribution in [1.29, 1.82) is 0 Å². The topological polar surface area (TPSA) is 48.1 Å². The number of carbonyl (C=O) groups excluding carboxylic acids is 1. The molecule has 146 valence electrons. The summed E-state index contributed by atoms with van der Waals surface area (Å²) in [6, 6.07) is 15.2. The molecule has 1 atom stereocenters. The number of halogens is 1. The van der Waals surface area contributed by atoms with Gasteiger partial charge in [-0.15, -0.1) is 0 Å². The van der Waals surface area contributed by atoms with Gasteiger partial charge in [0.15, 0.2) is 0 Å². The molecule has 5 heteroatoms. The van der Waals surface area contributed by atoms with Gasteiger partial charge in [-0.25, -0.2) is 4.39 Å². The fourth-order valence-electron chi connectivity index (χ4n) is 4.20. The van der Waals surface area contributed by atoms with Gasteiger partial charge in [0.05, 0.1) is 12.5 Å². The largest absolute Gasteiger partial charge is 0.358 e. The molecule has 0 radical (unpaired) electrons. The highest BCUT2D eigenvalue weighted by molar-refractivity contribution is 5.90. The standard InChI is InChI=1S/C23H26FN3O/c1-16-19(20-13-18(24)9-10-21(20)26-16)14-23(28)25-15-22(27-11-5-6-12-27)17-7-3-2-4-8-17/h2-4,7-10,13,22,26H,5-6,11-12,14-15H2,1H3,(H,25,28). The minimum absolute atomic E-state index is 0.0339. The van der Waals surface area contributed by atoms with Crippen LogP contribution in [-0.4, -0.2) is 35.4 Å². The average Bonchev–Trinajstić information content (AvgIpc) is 3.32. The number of H-pyrrole nitrogens is 1. The van der Waals surface area contributed by atoms with Crippen LogP contribution in [0.4, 0.5) is 4.39 Å². The van der Waals surface area contributed by atoms with Gasteiger partial charge in [0.2, 0.25) is 5.91 Å². The Labute approximate surface area is 164 Å². The number of hydrogen-bond acceptors (Lipinski definition) is 2. The molecule has 1 fully saturated rings. The van der Waals surface area contributed by atoms with Crippen molar-refractivity contribution in [3.05, 3.63) is 71.2 Å². The summed E-state index contributed by atoms with van der Waals surface area (Å²) in [7, 11) is 0. The summed E-state index contributed by atoms with van der Waals surface area (Å²) >= 11 is 0. The van der Waals surface area contributed by atoms with Crippen molar-refractivity contribution in [2.75, 3.05) is 19.6 Å². The number of hydrogen-bond donors (Lipinski definition) is 2. The Morgan fingerprint density at radius 2 is 1.93 bits per heavy atom. The molecule has 1 unspecified atom stereocenters. The summed E-state index contributed by atoms with van der Waals surface area (Å²) in [5.41, 5.74) is 3.87. The monoisotopic (exact) mass is 379 g/mol. The number of nitrogens with zero attached hydrogens (tertiary/aromatic N) is 1. The first-order valence-electron chi connectivity index (χ1n) is 9.94. The molecule has 4 rings (SSSR count). The van der Waals surface area contributed by atoms with Crippen molar-refractivity contribution < 1.29 is 9.18 Å². The van der Waals surface area contributed by atoms with Gasteiger partial charge in [0.25, 0.3) is 0 Å². The number of rotatable bonds is 6. The van der Waals surface area contributed by atoms with E-state index in [-0.39, 0.29) is 24.2 Å². The zero-order valence-electron chi connectivity index (χ0n) is 16.2. The lowest BCUT2D eigenvalue weighted by molar-refractivity contribution is -0.120. The Morgan fingerprint density at radius 1 is 1.18 bits per heavy atom. The number of aromatic amines is 1. The van der Waals surface area contributed by atoms with E-state index in [1.54, 1.807) is 6.07 Å². The van der Waals surface area contributed by atoms with E-state index in [4.69, 9.17) is 0 Å². The van der Waals surface area contributed by atoms with Crippen LogP contribution in [0.15, 0.2) is 48.5 Å². The quantitative estimate of drug-likeness (QED) is 0.677. The predicted molar refractivity (Wildman–Crippen MR) is 110 cm³/mol. The van der Waals surface area contributed by atoms with E-state index < -0.39 is 0 Å². The molecule has 0 spiro atoms. The Kier molecular flexibility index (Phi) is 5.44. The van der Waals surface area contributed by atoms with Gasteiger partial charge in [0.1, 0.15) is 5.82 Å². The number of likely N-dealkylation sites (tertiary alicyclic amines) is 1. The SMILES string of the molecule is Cc1[nH]c2ccc(F)cc2c1CC(=O)NCC(c1ccccc1)N1CCCC1. The first-order valence-corrected chi connectivity index (χ1v) is 9.94. The van der Waals surface area contributed by atoms with Crippen LogP contribution in [0.1, 0.15) is 35.7 Å². The highest BCUT2D eigenvalue weighted by Gasteiger charge is 2.24. The average molecular weight is 379 g/mol. The minimum atomic E-state index is -0.286. The third-order valence-electron chi connectivity index (χ3n) is 5.68. The summed E-state index contributed by atoms with van der Waals surface area (Å²) in [5.74, 6) is -0.320. The molecule has 28 heavy (non-hydrogen) atoms. The van der Waals surface area contributed by atoms with Gasteiger partial charge in [-0.3, -0.25) is 9.69 Å². The molecule has 1 saturated heterocycles. The second-order valence-corrected chi connectivity index (χ2v) is 7.57. The van der Waals surface area contributed by atoms with Crippen molar-refractivity contribution in [3.63, 3.8) is 0 Å². The molecule has 0 aliphatic carbocycles. The second-order valence-electron chi connectivity index (χ2n) is 7.57. The van der Waals surface area contributed by atoms with Crippen molar-refractivity contribution in [2.45, 2.75) is 32.2 Å². The summed E-state index contributed by atoms with van der Waals surface area (Å²) in [6.07, 6.45) is 2.66. The maximum absolute atomic E-state index is 13.7. The van der Waals surface area contributed by atoms with Gasteiger partial charge in [-0.05, 0) is 62.2 Å². The smallest absolute Gasteiger partial charge is 0.224 e.